The van der Waals surface area contributed by atoms with E-state index in [9.17, 15) is 24.6 Å². The number of aliphatic hydroxyl groups excluding tert-OH is 2. The van der Waals surface area contributed by atoms with Gasteiger partial charge in [-0.1, -0.05) is 52.0 Å². The molecule has 1 spiro atoms. The van der Waals surface area contributed by atoms with E-state index in [2.05, 4.69) is 6.58 Å². The zero-order chi connectivity index (χ0) is 28.6. The minimum absolute atomic E-state index is 0.283. The number of hydrogen-bond acceptors (Lipinski definition) is 9. The number of ether oxygens (including phenoxy) is 4. The fourth-order valence-corrected chi connectivity index (χ4v) is 6.34. The Morgan fingerprint density at radius 3 is 2.37 bits per heavy atom. The van der Waals surface area contributed by atoms with Crippen molar-refractivity contribution in [2.24, 2.45) is 28.6 Å². The summed E-state index contributed by atoms with van der Waals surface area (Å²) >= 11 is 0. The first kappa shape index (κ1) is 30.1. The Hall–Kier alpha value is -2.49. The van der Waals surface area contributed by atoms with Crippen molar-refractivity contribution >= 4 is 17.9 Å². The highest BCUT2D eigenvalue weighted by Crippen LogP contribution is 2.67. The summed E-state index contributed by atoms with van der Waals surface area (Å²) in [7, 11) is 0. The van der Waals surface area contributed by atoms with Gasteiger partial charge in [-0.2, -0.15) is 0 Å². The van der Waals surface area contributed by atoms with E-state index in [1.807, 2.05) is 33.8 Å². The SMILES string of the molecule is C=C/C(C)=C/C[C@@]1(C)[C@H](C)[C@H](O)[C@H](O)[C@]23C(=C[C@@H](OC(=O)[C@@H](C)CC)C[C@H]12)[C@@H](OC(C)=O)O[C@H]3OC(C)=O. The van der Waals surface area contributed by atoms with E-state index < -0.39 is 65.5 Å². The summed E-state index contributed by atoms with van der Waals surface area (Å²) in [6, 6.07) is 0. The van der Waals surface area contributed by atoms with Crippen molar-refractivity contribution in [2.45, 2.75) is 98.6 Å². The van der Waals surface area contributed by atoms with Gasteiger partial charge in [0.25, 0.3) is 0 Å². The van der Waals surface area contributed by atoms with E-state index >= 15 is 0 Å². The summed E-state index contributed by atoms with van der Waals surface area (Å²) < 4.78 is 23.0. The molecule has 1 heterocycles. The van der Waals surface area contributed by atoms with E-state index in [4.69, 9.17) is 18.9 Å². The van der Waals surface area contributed by atoms with Gasteiger partial charge >= 0.3 is 17.9 Å². The number of rotatable bonds is 8. The number of esters is 3. The Balaban J connectivity index is 2.26. The van der Waals surface area contributed by atoms with Crippen LogP contribution in [0.15, 0.2) is 36.0 Å². The molecule has 2 N–H and O–H groups in total. The van der Waals surface area contributed by atoms with Gasteiger partial charge in [-0.3, -0.25) is 19.1 Å². The Kier molecular flexibility index (Phi) is 8.95. The van der Waals surface area contributed by atoms with Crippen molar-refractivity contribution < 1.29 is 43.5 Å². The molecule has 0 bridgehead atoms. The summed E-state index contributed by atoms with van der Waals surface area (Å²) in [4.78, 5) is 37.0. The van der Waals surface area contributed by atoms with Gasteiger partial charge in [-0.05, 0) is 49.5 Å². The molecule has 0 unspecified atom stereocenters. The minimum Gasteiger partial charge on any atom is -0.458 e. The number of hydrogen-bond donors (Lipinski definition) is 2. The molecular weight excluding hydrogens is 492 g/mol. The molecule has 0 aromatic rings. The molecule has 212 valence electrons. The number of allylic oxidation sites excluding steroid dienone is 3. The van der Waals surface area contributed by atoms with Gasteiger partial charge in [0, 0.05) is 19.4 Å². The van der Waals surface area contributed by atoms with Crippen LogP contribution in [0.4, 0.5) is 0 Å². The molecule has 10 atom stereocenters. The predicted octanol–water partition coefficient (Wildman–Crippen LogP) is 3.59. The van der Waals surface area contributed by atoms with E-state index in [-0.39, 0.29) is 18.3 Å². The summed E-state index contributed by atoms with van der Waals surface area (Å²) in [6.07, 6.45) is 0.786. The molecule has 3 rings (SSSR count). The smallest absolute Gasteiger partial charge is 0.309 e. The Labute approximate surface area is 224 Å². The third-order valence-corrected chi connectivity index (χ3v) is 8.98. The average molecular weight is 535 g/mol. The maximum atomic E-state index is 12.8. The van der Waals surface area contributed by atoms with E-state index in [1.54, 1.807) is 19.1 Å². The van der Waals surface area contributed by atoms with Crippen LogP contribution in [0.1, 0.15) is 67.7 Å². The topological polar surface area (TPSA) is 129 Å². The lowest BCUT2D eigenvalue weighted by Gasteiger charge is -2.61. The van der Waals surface area contributed by atoms with Crippen LogP contribution in [-0.2, 0) is 33.3 Å². The first-order valence-corrected chi connectivity index (χ1v) is 13.3. The fourth-order valence-electron chi connectivity index (χ4n) is 6.34. The van der Waals surface area contributed by atoms with Crippen LogP contribution in [0.2, 0.25) is 0 Å². The van der Waals surface area contributed by atoms with Crippen LogP contribution >= 0.6 is 0 Å². The maximum Gasteiger partial charge on any atom is 0.309 e. The van der Waals surface area contributed by atoms with Crippen LogP contribution in [0.25, 0.3) is 0 Å². The molecule has 0 amide bonds. The van der Waals surface area contributed by atoms with Gasteiger partial charge in [0.05, 0.1) is 23.5 Å². The number of carbonyl (C=O) groups excluding carboxylic acids is 3. The van der Waals surface area contributed by atoms with Gasteiger partial charge in [0.2, 0.25) is 12.6 Å². The molecule has 2 fully saturated rings. The van der Waals surface area contributed by atoms with Crippen molar-refractivity contribution in [1.29, 1.82) is 0 Å². The predicted molar refractivity (Wildman–Crippen MR) is 138 cm³/mol. The molecule has 1 saturated heterocycles. The quantitative estimate of drug-likeness (QED) is 0.208. The molecule has 0 aromatic heterocycles. The second-order valence-corrected chi connectivity index (χ2v) is 11.2. The van der Waals surface area contributed by atoms with Crippen molar-refractivity contribution in [2.75, 3.05) is 0 Å². The van der Waals surface area contributed by atoms with Gasteiger partial charge in [0.1, 0.15) is 6.10 Å². The lowest BCUT2D eigenvalue weighted by Crippen LogP contribution is -2.68. The highest BCUT2D eigenvalue weighted by atomic mass is 16.8. The Morgan fingerprint density at radius 2 is 1.82 bits per heavy atom. The Morgan fingerprint density at radius 1 is 1.18 bits per heavy atom. The summed E-state index contributed by atoms with van der Waals surface area (Å²) in [5.41, 5.74) is -0.861. The summed E-state index contributed by atoms with van der Waals surface area (Å²) in [6.45, 7) is 15.8. The van der Waals surface area contributed by atoms with Gasteiger partial charge in [-0.25, -0.2) is 0 Å². The first-order chi connectivity index (χ1) is 17.7. The molecule has 1 saturated carbocycles. The van der Waals surface area contributed by atoms with Gasteiger partial charge in [-0.15, -0.1) is 0 Å². The second kappa shape index (κ2) is 11.3. The molecule has 3 aliphatic rings. The molecule has 0 aromatic carbocycles. The van der Waals surface area contributed by atoms with Crippen molar-refractivity contribution in [3.05, 3.63) is 36.0 Å². The summed E-state index contributed by atoms with van der Waals surface area (Å²) in [5.74, 6) is -2.89. The number of aliphatic hydroxyl groups is 2. The maximum absolute atomic E-state index is 12.8. The normalized spacial score (nSPS) is 39.2. The van der Waals surface area contributed by atoms with Crippen molar-refractivity contribution in [3.8, 4) is 0 Å². The first-order valence-electron chi connectivity index (χ1n) is 13.3. The zero-order valence-corrected chi connectivity index (χ0v) is 23.4. The van der Waals surface area contributed by atoms with Crippen molar-refractivity contribution in [3.63, 3.8) is 0 Å². The third kappa shape index (κ3) is 5.08. The van der Waals surface area contributed by atoms with Crippen LogP contribution in [0.3, 0.4) is 0 Å². The molecule has 9 heteroatoms. The lowest BCUT2D eigenvalue weighted by atomic mass is 9.44. The minimum atomic E-state index is -1.44. The van der Waals surface area contributed by atoms with Crippen LogP contribution in [-0.4, -0.2) is 59.0 Å². The molecule has 9 nitrogen and oxygen atoms in total. The highest BCUT2D eigenvalue weighted by Gasteiger charge is 2.73. The molecule has 38 heavy (non-hydrogen) atoms. The van der Waals surface area contributed by atoms with Crippen molar-refractivity contribution in [1.82, 2.24) is 0 Å². The van der Waals surface area contributed by atoms with E-state index in [1.165, 1.54) is 13.8 Å². The molecular formula is C29H42O9. The lowest BCUT2D eigenvalue weighted by molar-refractivity contribution is -0.273. The van der Waals surface area contributed by atoms with Crippen LogP contribution < -0.4 is 0 Å². The molecule has 0 radical (unpaired) electrons. The highest BCUT2D eigenvalue weighted by molar-refractivity contribution is 5.72. The second-order valence-electron chi connectivity index (χ2n) is 11.2. The number of carbonyl (C=O) groups is 3. The van der Waals surface area contributed by atoms with Crippen LogP contribution in [0.5, 0.6) is 0 Å². The van der Waals surface area contributed by atoms with E-state index in [0.717, 1.165) is 5.57 Å². The largest absolute Gasteiger partial charge is 0.458 e. The Bertz CT molecular complexity index is 1020. The monoisotopic (exact) mass is 534 g/mol. The van der Waals surface area contributed by atoms with Gasteiger partial charge < -0.3 is 24.4 Å². The zero-order valence-electron chi connectivity index (χ0n) is 23.4. The van der Waals surface area contributed by atoms with E-state index in [0.29, 0.717) is 18.4 Å². The van der Waals surface area contributed by atoms with Crippen LogP contribution in [0, 0.1) is 28.6 Å². The molecule has 2 aliphatic carbocycles. The average Bonchev–Trinajstić information content (AvgIpc) is 3.15. The standard InChI is InChI=1S/C29H42O9/c1-9-15(3)11-12-28(8)17(5)23(32)24(33)29-21(26(35-18(6)30)38-27(29)36-19(7)31)13-20(14-22(28)29)37-25(34)16(4)10-2/h9,11,13,16-17,20,22-24,26-27,32-33H,1,10,12,14H2,2-8H3/b15-11+/t16-,17+,20+,22+,23-,24-,26-,27+,28-,29-/m0/s1. The summed E-state index contributed by atoms with van der Waals surface area (Å²) in [5, 5.41) is 23.2. The third-order valence-electron chi connectivity index (χ3n) is 8.98. The van der Waals surface area contributed by atoms with Gasteiger partial charge in [0.15, 0.2) is 0 Å². The fraction of sp³-hybridized carbons (Fsp3) is 0.690. The molecule has 1 aliphatic heterocycles.